The molecule has 15 heavy (non-hydrogen) atoms. The second-order valence-corrected chi connectivity index (χ2v) is 7.63. The molecular weight excluding hydrogens is 202 g/mol. The van der Waals surface area contributed by atoms with E-state index in [1.807, 2.05) is 0 Å². The van der Waals surface area contributed by atoms with Gasteiger partial charge in [-0.1, -0.05) is 19.8 Å². The molecule has 1 saturated heterocycles. The third-order valence-corrected chi connectivity index (χ3v) is 6.28. The minimum Gasteiger partial charge on any atom is -0.312 e. The maximum Gasteiger partial charge on any atom is 0.0209 e. The van der Waals surface area contributed by atoms with Crippen molar-refractivity contribution in [2.75, 3.05) is 6.54 Å². The van der Waals surface area contributed by atoms with Gasteiger partial charge in [0, 0.05) is 23.1 Å². The molecule has 0 aromatic rings. The van der Waals surface area contributed by atoms with Gasteiger partial charge in [0.2, 0.25) is 0 Å². The van der Waals surface area contributed by atoms with Crippen LogP contribution in [0.25, 0.3) is 0 Å². The topological polar surface area (TPSA) is 12.0 Å². The van der Waals surface area contributed by atoms with Crippen LogP contribution in [0.5, 0.6) is 0 Å². The molecule has 0 aromatic carbocycles. The first-order chi connectivity index (χ1) is 7.27. The van der Waals surface area contributed by atoms with E-state index in [1.54, 1.807) is 0 Å². The maximum absolute atomic E-state index is 3.76. The summed E-state index contributed by atoms with van der Waals surface area (Å²) in [6, 6.07) is 0.845. The van der Waals surface area contributed by atoms with Crippen molar-refractivity contribution < 1.29 is 0 Å². The van der Waals surface area contributed by atoms with Crippen molar-refractivity contribution in [2.45, 2.75) is 68.4 Å². The van der Waals surface area contributed by atoms with Crippen LogP contribution < -0.4 is 5.32 Å². The number of hydrogen-bond acceptors (Lipinski definition) is 2. The SMILES string of the molecule is CC1CNC2CCC3(CCCC3)CC2S1. The predicted molar refractivity (Wildman–Crippen MR) is 67.4 cm³/mol. The third kappa shape index (κ3) is 1.95. The zero-order valence-electron chi connectivity index (χ0n) is 9.80. The van der Waals surface area contributed by atoms with Gasteiger partial charge in [-0.05, 0) is 37.5 Å². The van der Waals surface area contributed by atoms with E-state index in [0.717, 1.165) is 22.0 Å². The summed E-state index contributed by atoms with van der Waals surface area (Å²) in [6.07, 6.45) is 10.5. The van der Waals surface area contributed by atoms with Crippen LogP contribution in [0.4, 0.5) is 0 Å². The molecule has 0 radical (unpaired) electrons. The van der Waals surface area contributed by atoms with Crippen LogP contribution in [0.1, 0.15) is 51.9 Å². The summed E-state index contributed by atoms with van der Waals surface area (Å²) in [4.78, 5) is 0. The Kier molecular flexibility index (Phi) is 2.76. The molecule has 2 heteroatoms. The fourth-order valence-electron chi connectivity index (χ4n) is 3.94. The second-order valence-electron chi connectivity index (χ2n) is 5.95. The van der Waals surface area contributed by atoms with Gasteiger partial charge in [-0.15, -0.1) is 0 Å². The molecule has 2 aliphatic carbocycles. The van der Waals surface area contributed by atoms with Crippen molar-refractivity contribution in [1.82, 2.24) is 5.32 Å². The van der Waals surface area contributed by atoms with Gasteiger partial charge in [-0.25, -0.2) is 0 Å². The number of thioether (sulfide) groups is 1. The van der Waals surface area contributed by atoms with Crippen molar-refractivity contribution in [2.24, 2.45) is 5.41 Å². The standard InChI is InChI=1S/C13H23NS/c1-10-9-14-11-4-7-13(5-2-3-6-13)8-12(11)15-10/h10-12,14H,2-9H2,1H3. The molecule has 3 atom stereocenters. The summed E-state index contributed by atoms with van der Waals surface area (Å²) in [7, 11) is 0. The van der Waals surface area contributed by atoms with Crippen molar-refractivity contribution in [3.8, 4) is 0 Å². The number of nitrogens with one attached hydrogen (secondary N) is 1. The van der Waals surface area contributed by atoms with Gasteiger partial charge in [-0.2, -0.15) is 11.8 Å². The highest BCUT2D eigenvalue weighted by atomic mass is 32.2. The second kappa shape index (κ2) is 3.96. The van der Waals surface area contributed by atoms with E-state index in [-0.39, 0.29) is 0 Å². The van der Waals surface area contributed by atoms with Gasteiger partial charge < -0.3 is 5.32 Å². The fourth-order valence-corrected chi connectivity index (χ4v) is 5.60. The van der Waals surface area contributed by atoms with Crippen LogP contribution in [0.3, 0.4) is 0 Å². The Morgan fingerprint density at radius 1 is 1.20 bits per heavy atom. The Morgan fingerprint density at radius 2 is 2.00 bits per heavy atom. The smallest absolute Gasteiger partial charge is 0.0209 e. The van der Waals surface area contributed by atoms with Gasteiger partial charge in [-0.3, -0.25) is 0 Å². The monoisotopic (exact) mass is 225 g/mol. The highest BCUT2D eigenvalue weighted by molar-refractivity contribution is 8.00. The van der Waals surface area contributed by atoms with E-state index in [0.29, 0.717) is 0 Å². The molecule has 1 N–H and O–H groups in total. The number of rotatable bonds is 0. The number of fused-ring (bicyclic) bond motifs is 1. The van der Waals surface area contributed by atoms with E-state index in [2.05, 4.69) is 24.0 Å². The number of hydrogen-bond donors (Lipinski definition) is 1. The highest BCUT2D eigenvalue weighted by Gasteiger charge is 2.44. The first-order valence-corrected chi connectivity index (χ1v) is 7.61. The van der Waals surface area contributed by atoms with Crippen molar-refractivity contribution in [3.05, 3.63) is 0 Å². The summed E-state index contributed by atoms with van der Waals surface area (Å²) >= 11 is 2.27. The lowest BCUT2D eigenvalue weighted by molar-refractivity contribution is 0.172. The third-order valence-electron chi connectivity index (χ3n) is 4.81. The Bertz CT molecular complexity index is 235. The van der Waals surface area contributed by atoms with Gasteiger partial charge in [0.1, 0.15) is 0 Å². The van der Waals surface area contributed by atoms with E-state index in [4.69, 9.17) is 0 Å². The summed E-state index contributed by atoms with van der Waals surface area (Å²) < 4.78 is 0. The van der Waals surface area contributed by atoms with Crippen molar-refractivity contribution >= 4 is 11.8 Å². The first-order valence-electron chi connectivity index (χ1n) is 6.66. The molecular formula is C13H23NS. The average Bonchev–Trinajstić information content (AvgIpc) is 2.66. The van der Waals surface area contributed by atoms with E-state index in [1.165, 1.54) is 51.5 Å². The van der Waals surface area contributed by atoms with Gasteiger partial charge in [0.15, 0.2) is 0 Å². The summed E-state index contributed by atoms with van der Waals surface area (Å²) in [5, 5.41) is 5.52. The molecule has 0 amide bonds. The summed E-state index contributed by atoms with van der Waals surface area (Å²) in [5.74, 6) is 0. The Labute approximate surface area is 97.8 Å². The normalized spacial score (nSPS) is 44.2. The zero-order chi connectivity index (χ0) is 10.3. The van der Waals surface area contributed by atoms with E-state index >= 15 is 0 Å². The molecule has 3 unspecified atom stereocenters. The van der Waals surface area contributed by atoms with Crippen LogP contribution in [0.15, 0.2) is 0 Å². The minimum absolute atomic E-state index is 0.785. The van der Waals surface area contributed by atoms with Crippen molar-refractivity contribution in [1.29, 1.82) is 0 Å². The van der Waals surface area contributed by atoms with Crippen LogP contribution in [-0.4, -0.2) is 23.1 Å². The molecule has 0 aromatic heterocycles. The molecule has 1 spiro atoms. The Morgan fingerprint density at radius 3 is 2.80 bits per heavy atom. The minimum atomic E-state index is 0.785. The first kappa shape index (κ1) is 10.5. The molecule has 1 nitrogen and oxygen atoms in total. The van der Waals surface area contributed by atoms with Crippen molar-refractivity contribution in [3.63, 3.8) is 0 Å². The van der Waals surface area contributed by atoms with Gasteiger partial charge in [0.05, 0.1) is 0 Å². The highest BCUT2D eigenvalue weighted by Crippen LogP contribution is 2.52. The summed E-state index contributed by atoms with van der Waals surface area (Å²) in [6.45, 7) is 3.61. The van der Waals surface area contributed by atoms with Crippen LogP contribution in [0, 0.1) is 5.41 Å². The molecule has 0 bridgehead atoms. The zero-order valence-corrected chi connectivity index (χ0v) is 10.6. The maximum atomic E-state index is 3.76. The van der Waals surface area contributed by atoms with E-state index in [9.17, 15) is 0 Å². The summed E-state index contributed by atoms with van der Waals surface area (Å²) in [5.41, 5.74) is 0.785. The molecule has 3 rings (SSSR count). The lowest BCUT2D eigenvalue weighted by atomic mass is 9.71. The molecule has 1 heterocycles. The Balaban J connectivity index is 1.69. The molecule has 3 aliphatic rings. The largest absolute Gasteiger partial charge is 0.312 e. The Hall–Kier alpha value is 0.310. The van der Waals surface area contributed by atoms with Gasteiger partial charge in [0.25, 0.3) is 0 Å². The molecule has 1 aliphatic heterocycles. The molecule has 2 saturated carbocycles. The van der Waals surface area contributed by atoms with Crippen LogP contribution >= 0.6 is 11.8 Å². The molecule has 86 valence electrons. The quantitative estimate of drug-likeness (QED) is 0.679. The van der Waals surface area contributed by atoms with Crippen LogP contribution in [-0.2, 0) is 0 Å². The lowest BCUT2D eigenvalue weighted by Gasteiger charge is -2.46. The van der Waals surface area contributed by atoms with E-state index < -0.39 is 0 Å². The van der Waals surface area contributed by atoms with Gasteiger partial charge >= 0.3 is 0 Å². The lowest BCUT2D eigenvalue weighted by Crippen LogP contribution is -2.51. The fraction of sp³-hybridized carbons (Fsp3) is 1.00. The average molecular weight is 225 g/mol. The molecule has 3 fully saturated rings. The predicted octanol–water partition coefficient (Wildman–Crippen LogP) is 3.19. The van der Waals surface area contributed by atoms with Crippen LogP contribution in [0.2, 0.25) is 0 Å².